The quantitative estimate of drug-likeness (QED) is 0.637. The minimum atomic E-state index is -0.365. The number of nitrogens with zero attached hydrogens (tertiary/aromatic N) is 1. The fraction of sp³-hybridized carbons (Fsp3) is 0.278. The topological polar surface area (TPSA) is 84.1 Å². The molecule has 130 valence electrons. The van der Waals surface area contributed by atoms with Gasteiger partial charge in [-0.2, -0.15) is 0 Å². The summed E-state index contributed by atoms with van der Waals surface area (Å²) in [6.45, 7) is 0. The zero-order valence-electron chi connectivity index (χ0n) is 13.8. The number of aryl methyl sites for hydroxylation is 1. The second-order valence-corrected chi connectivity index (χ2v) is 6.60. The van der Waals surface area contributed by atoms with Gasteiger partial charge in [-0.3, -0.25) is 9.59 Å². The number of imidazole rings is 1. The molecule has 3 aromatic rings. The Morgan fingerprint density at radius 3 is 2.84 bits per heavy atom. The molecule has 0 aliphatic carbocycles. The molecular formula is C18H19N3O3S. The van der Waals surface area contributed by atoms with Gasteiger partial charge in [0, 0.05) is 17.7 Å². The van der Waals surface area contributed by atoms with E-state index in [-0.39, 0.29) is 24.3 Å². The number of aromatic amines is 1. The van der Waals surface area contributed by atoms with Crippen LogP contribution >= 0.6 is 11.3 Å². The molecule has 1 atom stereocenters. The third-order valence-corrected chi connectivity index (χ3v) is 4.83. The van der Waals surface area contributed by atoms with Crippen LogP contribution in [-0.4, -0.2) is 29.0 Å². The number of para-hydroxylation sites is 2. The van der Waals surface area contributed by atoms with Gasteiger partial charge in [-0.15, -0.1) is 11.3 Å². The highest BCUT2D eigenvalue weighted by Crippen LogP contribution is 2.22. The van der Waals surface area contributed by atoms with Crippen molar-refractivity contribution in [3.63, 3.8) is 0 Å². The van der Waals surface area contributed by atoms with Gasteiger partial charge >= 0.3 is 5.97 Å². The van der Waals surface area contributed by atoms with Crippen LogP contribution in [0.3, 0.4) is 0 Å². The average Bonchev–Trinajstić information content (AvgIpc) is 3.28. The molecule has 0 bridgehead atoms. The second-order valence-electron chi connectivity index (χ2n) is 5.62. The van der Waals surface area contributed by atoms with Gasteiger partial charge in [0.15, 0.2) is 0 Å². The highest BCUT2D eigenvalue weighted by molar-refractivity contribution is 7.10. The van der Waals surface area contributed by atoms with Gasteiger partial charge in [0.25, 0.3) is 0 Å². The summed E-state index contributed by atoms with van der Waals surface area (Å²) in [7, 11) is 1.34. The molecule has 0 saturated heterocycles. The summed E-state index contributed by atoms with van der Waals surface area (Å²) in [4.78, 5) is 32.5. The maximum atomic E-state index is 12.3. The molecule has 0 spiro atoms. The lowest BCUT2D eigenvalue weighted by atomic mass is 10.1. The van der Waals surface area contributed by atoms with E-state index in [1.807, 2.05) is 41.8 Å². The van der Waals surface area contributed by atoms with Crippen LogP contribution in [0.4, 0.5) is 0 Å². The number of carbonyl (C=O) groups excluding carboxylic acids is 2. The summed E-state index contributed by atoms with van der Waals surface area (Å²) in [5.74, 6) is 0.302. The molecule has 6 nitrogen and oxygen atoms in total. The van der Waals surface area contributed by atoms with Crippen LogP contribution in [0.15, 0.2) is 41.8 Å². The average molecular weight is 357 g/mol. The van der Waals surface area contributed by atoms with Gasteiger partial charge in [-0.1, -0.05) is 18.2 Å². The van der Waals surface area contributed by atoms with E-state index < -0.39 is 0 Å². The van der Waals surface area contributed by atoms with Gasteiger partial charge in [0.05, 0.1) is 30.6 Å². The van der Waals surface area contributed by atoms with E-state index in [1.165, 1.54) is 18.4 Å². The van der Waals surface area contributed by atoms with Crippen LogP contribution in [0.25, 0.3) is 11.0 Å². The normalized spacial score (nSPS) is 12.0. The number of carbonyl (C=O) groups is 2. The number of methoxy groups -OCH3 is 1. The lowest BCUT2D eigenvalue weighted by Gasteiger charge is -2.16. The molecule has 25 heavy (non-hydrogen) atoms. The Labute approximate surface area is 149 Å². The van der Waals surface area contributed by atoms with Crippen molar-refractivity contribution in [1.82, 2.24) is 15.3 Å². The summed E-state index contributed by atoms with van der Waals surface area (Å²) < 4.78 is 4.72. The van der Waals surface area contributed by atoms with Gasteiger partial charge in [0.2, 0.25) is 5.91 Å². The maximum absolute atomic E-state index is 12.3. The van der Waals surface area contributed by atoms with Crippen LogP contribution in [0.2, 0.25) is 0 Å². The Balaban J connectivity index is 1.60. The van der Waals surface area contributed by atoms with E-state index in [9.17, 15) is 9.59 Å². The Kier molecular flexibility index (Phi) is 5.45. The first kappa shape index (κ1) is 17.2. The van der Waals surface area contributed by atoms with Gasteiger partial charge in [-0.25, -0.2) is 4.98 Å². The number of hydrogen-bond donors (Lipinski definition) is 2. The Hall–Kier alpha value is -2.67. The molecule has 0 radical (unpaired) electrons. The van der Waals surface area contributed by atoms with E-state index >= 15 is 0 Å². The second kappa shape index (κ2) is 7.94. The summed E-state index contributed by atoms with van der Waals surface area (Å²) >= 11 is 1.50. The van der Waals surface area contributed by atoms with Crippen molar-refractivity contribution in [3.05, 3.63) is 52.5 Å². The highest BCUT2D eigenvalue weighted by Gasteiger charge is 2.20. The van der Waals surface area contributed by atoms with Gasteiger partial charge in [0.1, 0.15) is 5.82 Å². The number of aromatic nitrogens is 2. The zero-order chi connectivity index (χ0) is 17.6. The predicted molar refractivity (Wildman–Crippen MR) is 96.3 cm³/mol. The molecule has 1 aromatic carbocycles. The summed E-state index contributed by atoms with van der Waals surface area (Å²) in [5, 5.41) is 4.83. The number of hydrogen-bond acceptors (Lipinski definition) is 5. The molecule has 0 saturated carbocycles. The van der Waals surface area contributed by atoms with Crippen molar-refractivity contribution < 1.29 is 14.3 Å². The first-order valence-corrected chi connectivity index (χ1v) is 8.87. The number of H-pyrrole nitrogens is 1. The maximum Gasteiger partial charge on any atom is 0.307 e. The summed E-state index contributed by atoms with van der Waals surface area (Å²) in [6.07, 6.45) is 0.923. The molecule has 1 amide bonds. The molecule has 2 N–H and O–H groups in total. The molecule has 2 heterocycles. The van der Waals surface area contributed by atoms with Crippen molar-refractivity contribution in [1.29, 1.82) is 0 Å². The minimum absolute atomic E-state index is 0.118. The number of nitrogens with one attached hydrogen (secondary N) is 2. The van der Waals surface area contributed by atoms with Crippen LogP contribution in [-0.2, 0) is 20.7 Å². The van der Waals surface area contributed by atoms with Crippen molar-refractivity contribution in [2.45, 2.75) is 25.3 Å². The van der Waals surface area contributed by atoms with Crippen molar-refractivity contribution >= 4 is 34.2 Å². The highest BCUT2D eigenvalue weighted by atomic mass is 32.1. The van der Waals surface area contributed by atoms with E-state index in [0.717, 1.165) is 21.7 Å². The van der Waals surface area contributed by atoms with Crippen molar-refractivity contribution in [3.8, 4) is 0 Å². The molecule has 7 heteroatoms. The third kappa shape index (κ3) is 4.45. The standard InChI is InChI=1S/C18H19N3O3S/c1-24-18(23)11-14(15-7-4-10-25-15)21-17(22)9-8-16-19-12-5-2-3-6-13(12)20-16/h2-7,10,14H,8-9,11H2,1H3,(H,19,20)(H,21,22)/t14-/m0/s1. The monoisotopic (exact) mass is 357 g/mol. The van der Waals surface area contributed by atoms with Gasteiger partial charge in [-0.05, 0) is 23.6 Å². The lowest BCUT2D eigenvalue weighted by Crippen LogP contribution is -2.30. The third-order valence-electron chi connectivity index (χ3n) is 3.85. The zero-order valence-corrected chi connectivity index (χ0v) is 14.6. The molecule has 0 unspecified atom stereocenters. The van der Waals surface area contributed by atoms with Crippen LogP contribution in [0, 0.1) is 0 Å². The minimum Gasteiger partial charge on any atom is -0.469 e. The van der Waals surface area contributed by atoms with Crippen LogP contribution in [0.5, 0.6) is 0 Å². The number of fused-ring (bicyclic) bond motifs is 1. The summed E-state index contributed by atoms with van der Waals surface area (Å²) in [6, 6.07) is 11.2. The Morgan fingerprint density at radius 2 is 2.12 bits per heavy atom. The SMILES string of the molecule is COC(=O)C[C@H](NC(=O)CCc1nc2ccccc2[nH]1)c1cccs1. The smallest absolute Gasteiger partial charge is 0.307 e. The molecular weight excluding hydrogens is 338 g/mol. The lowest BCUT2D eigenvalue weighted by molar-refractivity contribution is -0.141. The van der Waals surface area contributed by atoms with E-state index in [1.54, 1.807) is 0 Å². The molecule has 0 fully saturated rings. The predicted octanol–water partition coefficient (Wildman–Crippen LogP) is 2.98. The van der Waals surface area contributed by atoms with Gasteiger partial charge < -0.3 is 15.0 Å². The number of ether oxygens (including phenoxy) is 1. The number of benzene rings is 1. The molecule has 2 aromatic heterocycles. The van der Waals surface area contributed by atoms with Crippen molar-refractivity contribution in [2.24, 2.45) is 0 Å². The largest absolute Gasteiger partial charge is 0.469 e. The summed E-state index contributed by atoms with van der Waals surface area (Å²) in [5.41, 5.74) is 1.85. The molecule has 3 rings (SSSR count). The van der Waals surface area contributed by atoms with E-state index in [0.29, 0.717) is 12.8 Å². The number of rotatable bonds is 7. The van der Waals surface area contributed by atoms with E-state index in [2.05, 4.69) is 15.3 Å². The van der Waals surface area contributed by atoms with Crippen molar-refractivity contribution in [2.75, 3.05) is 7.11 Å². The Morgan fingerprint density at radius 1 is 1.28 bits per heavy atom. The number of thiophene rings is 1. The Bertz CT molecular complexity index is 824. The fourth-order valence-corrected chi connectivity index (χ4v) is 3.36. The number of amides is 1. The number of esters is 1. The van der Waals surface area contributed by atoms with E-state index in [4.69, 9.17) is 4.74 Å². The van der Waals surface area contributed by atoms with Crippen LogP contribution < -0.4 is 5.32 Å². The first-order chi connectivity index (χ1) is 12.2. The first-order valence-electron chi connectivity index (χ1n) is 7.99. The molecule has 0 aliphatic heterocycles. The fourth-order valence-electron chi connectivity index (χ4n) is 2.58. The van der Waals surface area contributed by atoms with Crippen LogP contribution in [0.1, 0.15) is 29.6 Å². The molecule has 0 aliphatic rings.